The molecule has 14 heteroatoms. The lowest BCUT2D eigenvalue weighted by Crippen LogP contribution is -2.42. The highest BCUT2D eigenvalue weighted by atomic mass is 33.1. The number of amides is 2. The third-order valence-corrected chi connectivity index (χ3v) is 6.45. The molecule has 2 fully saturated rings. The number of morpholine rings is 1. The summed E-state index contributed by atoms with van der Waals surface area (Å²) in [5.41, 5.74) is 4.20. The number of benzene rings is 1. The van der Waals surface area contributed by atoms with Crippen molar-refractivity contribution in [3.05, 3.63) is 30.0 Å². The third kappa shape index (κ3) is 8.22. The van der Waals surface area contributed by atoms with Crippen molar-refractivity contribution >= 4 is 58.7 Å². The number of hydrogen-bond acceptors (Lipinski definition) is 12. The molecule has 2 saturated heterocycles. The minimum absolute atomic E-state index is 0.0392. The van der Waals surface area contributed by atoms with Gasteiger partial charge in [-0.1, -0.05) is 5.16 Å². The zero-order chi connectivity index (χ0) is 29.5. The standard InChI is InChI=1S/C23H29N7O3.C2H7N.CH2O.H2S2/c1-24-17-5-3-16(4-6-17)21-26-19-18(15-7-9-30(10-8-15)23(31)25-2)28-33-20(19)22(27-21)29-11-13-32-14-12-29;1-3-2;2*1-2/h3-6,15,24H,7-14H2,1-2H3,(H,25,31);3H,1-2H3;1H2;1-2H. The molecule has 3 aromatic rings. The number of nitrogens with one attached hydrogen (secondary N) is 3. The Hall–Kier alpha value is -3.07. The topological polar surface area (TPSA) is 138 Å². The van der Waals surface area contributed by atoms with Crippen LogP contribution in [0.25, 0.3) is 22.5 Å². The first-order chi connectivity index (χ1) is 19.6. The van der Waals surface area contributed by atoms with Crippen molar-refractivity contribution in [2.75, 3.05) is 77.8 Å². The number of urea groups is 1. The normalized spacial score (nSPS) is 15.1. The van der Waals surface area contributed by atoms with E-state index in [1.165, 1.54) is 0 Å². The Morgan fingerprint density at radius 3 is 2.12 bits per heavy atom. The summed E-state index contributed by atoms with van der Waals surface area (Å²) in [5.74, 6) is 1.59. The van der Waals surface area contributed by atoms with E-state index in [0.717, 1.165) is 54.2 Å². The molecule has 1 aromatic carbocycles. The third-order valence-electron chi connectivity index (χ3n) is 6.45. The summed E-state index contributed by atoms with van der Waals surface area (Å²) in [6.45, 7) is 6.14. The second-order valence-electron chi connectivity index (χ2n) is 8.86. The summed E-state index contributed by atoms with van der Waals surface area (Å²) in [7, 11) is 7.31. The summed E-state index contributed by atoms with van der Waals surface area (Å²) in [5, 5.41) is 13.1. The summed E-state index contributed by atoms with van der Waals surface area (Å²) in [6.07, 6.45) is 1.64. The van der Waals surface area contributed by atoms with E-state index in [-0.39, 0.29) is 11.9 Å². The smallest absolute Gasteiger partial charge is 0.317 e. The fraction of sp³-hybridized carbons (Fsp3) is 0.500. The first-order valence-electron chi connectivity index (χ1n) is 12.9. The predicted molar refractivity (Wildman–Crippen MR) is 166 cm³/mol. The lowest BCUT2D eigenvalue weighted by Gasteiger charge is -2.30. The second-order valence-corrected chi connectivity index (χ2v) is 8.86. The number of hydrogen-bond donors (Lipinski definition) is 5. The van der Waals surface area contributed by atoms with Gasteiger partial charge in [-0.15, -0.1) is 23.3 Å². The van der Waals surface area contributed by atoms with Crippen LogP contribution >= 0.6 is 23.3 Å². The van der Waals surface area contributed by atoms with Gasteiger partial charge in [-0.3, -0.25) is 0 Å². The van der Waals surface area contributed by atoms with Crippen molar-refractivity contribution in [1.29, 1.82) is 0 Å². The summed E-state index contributed by atoms with van der Waals surface area (Å²) in [4.78, 5) is 33.8. The average Bonchev–Trinajstić information content (AvgIpc) is 3.47. The summed E-state index contributed by atoms with van der Waals surface area (Å²) >= 11 is 6.44. The monoisotopic (exact) mass is 592 g/mol. The molecule has 0 bridgehead atoms. The highest BCUT2D eigenvalue weighted by molar-refractivity contribution is 8.59. The van der Waals surface area contributed by atoms with Gasteiger partial charge in [-0.2, -0.15) is 0 Å². The van der Waals surface area contributed by atoms with E-state index in [4.69, 9.17) is 24.0 Å². The molecule has 0 spiro atoms. The molecule has 40 heavy (non-hydrogen) atoms. The molecular formula is C26H40N8O4S2. The van der Waals surface area contributed by atoms with Crippen LogP contribution in [0.5, 0.6) is 0 Å². The maximum absolute atomic E-state index is 12.0. The van der Waals surface area contributed by atoms with Crippen LogP contribution in [0.1, 0.15) is 24.5 Å². The molecule has 0 atom stereocenters. The van der Waals surface area contributed by atoms with Crippen LogP contribution in [0.3, 0.4) is 0 Å². The van der Waals surface area contributed by atoms with Gasteiger partial charge >= 0.3 is 6.03 Å². The zero-order valence-corrected chi connectivity index (χ0v) is 25.3. The summed E-state index contributed by atoms with van der Waals surface area (Å²) in [6, 6.07) is 8.03. The fourth-order valence-electron chi connectivity index (χ4n) is 4.52. The van der Waals surface area contributed by atoms with Gasteiger partial charge in [0.2, 0.25) is 5.58 Å². The van der Waals surface area contributed by atoms with Gasteiger partial charge in [0.15, 0.2) is 11.6 Å². The van der Waals surface area contributed by atoms with Gasteiger partial charge in [0.1, 0.15) is 18.0 Å². The number of ether oxygens (including phenoxy) is 1. The lowest BCUT2D eigenvalue weighted by molar-refractivity contribution is -0.0980. The van der Waals surface area contributed by atoms with Crippen molar-refractivity contribution in [3.8, 4) is 11.4 Å². The predicted octanol–water partition coefficient (Wildman–Crippen LogP) is 3.09. The van der Waals surface area contributed by atoms with Gasteiger partial charge in [0.25, 0.3) is 0 Å². The molecule has 0 unspecified atom stereocenters. The number of anilines is 2. The van der Waals surface area contributed by atoms with Crippen LogP contribution in [0.15, 0.2) is 28.8 Å². The van der Waals surface area contributed by atoms with E-state index < -0.39 is 0 Å². The Kier molecular flexibility index (Phi) is 14.6. The van der Waals surface area contributed by atoms with E-state index in [9.17, 15) is 4.79 Å². The van der Waals surface area contributed by atoms with Gasteiger partial charge in [0, 0.05) is 57.4 Å². The van der Waals surface area contributed by atoms with E-state index in [1.807, 2.05) is 57.1 Å². The number of fused-ring (bicyclic) bond motifs is 1. The first kappa shape index (κ1) is 33.1. The Bertz CT molecular complexity index is 1170. The number of rotatable bonds is 4. The van der Waals surface area contributed by atoms with Gasteiger partial charge < -0.3 is 39.8 Å². The highest BCUT2D eigenvalue weighted by Crippen LogP contribution is 2.36. The molecule has 12 nitrogen and oxygen atoms in total. The molecule has 0 saturated carbocycles. The summed E-state index contributed by atoms with van der Waals surface area (Å²) < 4.78 is 11.4. The second kappa shape index (κ2) is 17.6. The molecule has 2 amide bonds. The van der Waals surface area contributed by atoms with Crippen LogP contribution in [0.2, 0.25) is 0 Å². The van der Waals surface area contributed by atoms with Crippen LogP contribution in [-0.2, 0) is 9.53 Å². The molecule has 0 radical (unpaired) electrons. The van der Waals surface area contributed by atoms with Crippen LogP contribution in [-0.4, -0.2) is 100 Å². The number of carbonyl (C=O) groups is 2. The number of carbonyl (C=O) groups excluding carboxylic acids is 2. The van der Waals surface area contributed by atoms with E-state index in [2.05, 4.69) is 49.3 Å². The van der Waals surface area contributed by atoms with Gasteiger partial charge in [-0.25, -0.2) is 14.8 Å². The largest absolute Gasteiger partial charge is 0.388 e. The zero-order valence-electron chi connectivity index (χ0n) is 23.5. The van der Waals surface area contributed by atoms with E-state index in [0.29, 0.717) is 37.7 Å². The van der Waals surface area contributed by atoms with Gasteiger partial charge in [-0.05, 0) is 51.2 Å². The van der Waals surface area contributed by atoms with Crippen molar-refractivity contribution in [2.24, 2.45) is 0 Å². The number of thiol groups is 2. The Labute approximate surface area is 245 Å². The maximum atomic E-state index is 12.0. The number of aromatic nitrogens is 3. The van der Waals surface area contributed by atoms with E-state index in [1.54, 1.807) is 7.05 Å². The highest BCUT2D eigenvalue weighted by Gasteiger charge is 2.30. The Morgan fingerprint density at radius 1 is 0.975 bits per heavy atom. The van der Waals surface area contributed by atoms with Crippen molar-refractivity contribution in [3.63, 3.8) is 0 Å². The Balaban J connectivity index is 0.000000737. The molecule has 2 aliphatic heterocycles. The Morgan fingerprint density at radius 2 is 1.57 bits per heavy atom. The molecule has 2 aliphatic rings. The SMILES string of the molecule is C=O.CNC.CNC(=O)N1CCC(c2noc3c(N4CCOCC4)nc(-c4ccc(NC)cc4)nc23)CC1.SS. The fourth-order valence-corrected chi connectivity index (χ4v) is 4.52. The molecular weight excluding hydrogens is 552 g/mol. The molecule has 3 N–H and O–H groups in total. The number of piperidine rings is 1. The molecule has 5 rings (SSSR count). The molecule has 220 valence electrons. The molecule has 0 aliphatic carbocycles. The van der Waals surface area contributed by atoms with Crippen molar-refractivity contribution < 1.29 is 18.8 Å². The lowest BCUT2D eigenvalue weighted by atomic mass is 9.93. The van der Waals surface area contributed by atoms with Gasteiger partial charge in [0.05, 0.1) is 13.2 Å². The van der Waals surface area contributed by atoms with Crippen molar-refractivity contribution in [2.45, 2.75) is 18.8 Å². The molecule has 2 aromatic heterocycles. The molecule has 4 heterocycles. The minimum Gasteiger partial charge on any atom is -0.388 e. The average molecular weight is 593 g/mol. The van der Waals surface area contributed by atoms with Crippen LogP contribution in [0, 0.1) is 0 Å². The van der Waals surface area contributed by atoms with E-state index >= 15 is 0 Å². The minimum atomic E-state index is -0.0392. The first-order valence-corrected chi connectivity index (χ1v) is 14.5. The maximum Gasteiger partial charge on any atom is 0.317 e. The number of likely N-dealkylation sites (tertiary alicyclic amines) is 1. The quantitative estimate of drug-likeness (QED) is 0.227. The van der Waals surface area contributed by atoms with Crippen LogP contribution < -0.4 is 20.9 Å². The van der Waals surface area contributed by atoms with Crippen LogP contribution in [0.4, 0.5) is 16.3 Å². The number of nitrogens with zero attached hydrogens (tertiary/aromatic N) is 5. The van der Waals surface area contributed by atoms with Crippen molar-refractivity contribution in [1.82, 2.24) is 30.7 Å².